The monoisotopic (exact) mass is 401 g/mol. The second-order valence-electron chi connectivity index (χ2n) is 6.06. The van der Waals surface area contributed by atoms with Gasteiger partial charge in [-0.25, -0.2) is 12.8 Å². The highest BCUT2D eigenvalue weighted by Crippen LogP contribution is 2.24. The Morgan fingerprint density at radius 1 is 1.07 bits per heavy atom. The summed E-state index contributed by atoms with van der Waals surface area (Å²) < 4.78 is 40.3. The van der Waals surface area contributed by atoms with Gasteiger partial charge in [-0.15, -0.1) is 0 Å². The van der Waals surface area contributed by atoms with Crippen molar-refractivity contribution >= 4 is 32.5 Å². The summed E-state index contributed by atoms with van der Waals surface area (Å²) >= 11 is 0. The zero-order valence-corrected chi connectivity index (χ0v) is 16.3. The first-order chi connectivity index (χ1) is 13.4. The summed E-state index contributed by atoms with van der Waals surface area (Å²) in [4.78, 5) is 16.7. The smallest absolute Gasteiger partial charge is 0.255 e. The molecule has 1 N–H and O–H groups in total. The van der Waals surface area contributed by atoms with Crippen molar-refractivity contribution < 1.29 is 17.6 Å². The number of sulfonamides is 1. The van der Waals surface area contributed by atoms with Gasteiger partial charge >= 0.3 is 0 Å². The van der Waals surface area contributed by atoms with E-state index < -0.39 is 21.7 Å². The number of halogens is 1. The summed E-state index contributed by atoms with van der Waals surface area (Å²) in [5, 5.41) is 3.21. The van der Waals surface area contributed by atoms with Crippen molar-refractivity contribution in [2.24, 2.45) is 0 Å². The Labute approximate surface area is 163 Å². The molecule has 0 bridgehead atoms. The van der Waals surface area contributed by atoms with Crippen LogP contribution in [0.2, 0.25) is 0 Å². The zero-order chi connectivity index (χ0) is 20.3. The molecule has 1 heterocycles. The average Bonchev–Trinajstić information content (AvgIpc) is 2.69. The van der Waals surface area contributed by atoms with Crippen LogP contribution in [0.3, 0.4) is 0 Å². The summed E-state index contributed by atoms with van der Waals surface area (Å²) in [6, 6.07) is 11.8. The SMILES string of the molecule is CCN(CC)S(=O)(=O)c1ccc(C(=O)Nc2ccnc3c(F)cccc23)cc1. The number of nitrogens with one attached hydrogen (secondary N) is 1. The predicted octanol–water partition coefficient (Wildman–Crippen LogP) is 3.66. The molecule has 0 radical (unpaired) electrons. The maximum atomic E-state index is 13.9. The second kappa shape index (κ2) is 8.04. The van der Waals surface area contributed by atoms with Gasteiger partial charge in [-0.3, -0.25) is 9.78 Å². The molecule has 0 aliphatic carbocycles. The summed E-state index contributed by atoms with van der Waals surface area (Å²) in [5.74, 6) is -0.900. The molecule has 8 heteroatoms. The summed E-state index contributed by atoms with van der Waals surface area (Å²) in [7, 11) is -3.58. The van der Waals surface area contributed by atoms with Crippen LogP contribution in [0.1, 0.15) is 24.2 Å². The number of carbonyl (C=O) groups is 1. The number of hydrogen-bond donors (Lipinski definition) is 1. The maximum absolute atomic E-state index is 13.9. The van der Waals surface area contributed by atoms with Crippen LogP contribution in [0, 0.1) is 5.82 Å². The summed E-state index contributed by atoms with van der Waals surface area (Å²) in [5.41, 5.74) is 0.884. The van der Waals surface area contributed by atoms with Crippen LogP contribution in [0.25, 0.3) is 10.9 Å². The lowest BCUT2D eigenvalue weighted by atomic mass is 10.1. The van der Waals surface area contributed by atoms with Crippen molar-refractivity contribution in [1.29, 1.82) is 0 Å². The topological polar surface area (TPSA) is 79.4 Å². The number of amides is 1. The fraction of sp³-hybridized carbons (Fsp3) is 0.200. The van der Waals surface area contributed by atoms with Gasteiger partial charge in [-0.1, -0.05) is 26.0 Å². The third-order valence-electron chi connectivity index (χ3n) is 4.43. The van der Waals surface area contributed by atoms with Crippen molar-refractivity contribution in [3.05, 3.63) is 66.1 Å². The van der Waals surface area contributed by atoms with Gasteiger partial charge in [0, 0.05) is 30.2 Å². The molecule has 0 fully saturated rings. The molecule has 0 saturated carbocycles. The molecule has 1 aromatic heterocycles. The van der Waals surface area contributed by atoms with E-state index in [1.807, 2.05) is 0 Å². The first-order valence-corrected chi connectivity index (χ1v) is 10.3. The highest BCUT2D eigenvalue weighted by Gasteiger charge is 2.21. The molecular formula is C20H20FN3O3S. The Bertz CT molecular complexity index is 1110. The van der Waals surface area contributed by atoms with Gasteiger partial charge in [0.15, 0.2) is 0 Å². The van der Waals surface area contributed by atoms with E-state index in [1.54, 1.807) is 32.0 Å². The van der Waals surface area contributed by atoms with E-state index in [4.69, 9.17) is 0 Å². The van der Waals surface area contributed by atoms with Gasteiger partial charge in [-0.2, -0.15) is 4.31 Å². The van der Waals surface area contributed by atoms with Crippen molar-refractivity contribution in [3.63, 3.8) is 0 Å². The number of fused-ring (bicyclic) bond motifs is 1. The lowest BCUT2D eigenvalue weighted by molar-refractivity contribution is 0.102. The van der Waals surface area contributed by atoms with Crippen molar-refractivity contribution in [2.75, 3.05) is 18.4 Å². The predicted molar refractivity (Wildman–Crippen MR) is 106 cm³/mol. The van der Waals surface area contributed by atoms with Crippen LogP contribution in [-0.4, -0.2) is 36.7 Å². The van der Waals surface area contributed by atoms with E-state index in [0.717, 1.165) is 0 Å². The first-order valence-electron chi connectivity index (χ1n) is 8.83. The van der Waals surface area contributed by atoms with E-state index in [9.17, 15) is 17.6 Å². The molecule has 28 heavy (non-hydrogen) atoms. The quantitative estimate of drug-likeness (QED) is 0.684. The molecular weight excluding hydrogens is 381 g/mol. The molecule has 146 valence electrons. The van der Waals surface area contributed by atoms with Crippen molar-refractivity contribution in [1.82, 2.24) is 9.29 Å². The van der Waals surface area contributed by atoms with Crippen LogP contribution in [0.15, 0.2) is 59.6 Å². The highest BCUT2D eigenvalue weighted by molar-refractivity contribution is 7.89. The van der Waals surface area contributed by atoms with Crippen LogP contribution in [-0.2, 0) is 10.0 Å². The van der Waals surface area contributed by atoms with Gasteiger partial charge in [0.25, 0.3) is 5.91 Å². The van der Waals surface area contributed by atoms with E-state index in [1.165, 1.54) is 40.8 Å². The molecule has 0 saturated heterocycles. The second-order valence-corrected chi connectivity index (χ2v) is 8.00. The van der Waals surface area contributed by atoms with Crippen LogP contribution < -0.4 is 5.32 Å². The molecule has 2 aromatic carbocycles. The van der Waals surface area contributed by atoms with Gasteiger partial charge in [-0.05, 0) is 36.4 Å². The average molecular weight is 401 g/mol. The molecule has 0 atom stereocenters. The van der Waals surface area contributed by atoms with Gasteiger partial charge in [0.05, 0.1) is 10.6 Å². The molecule has 6 nitrogen and oxygen atoms in total. The van der Waals surface area contributed by atoms with E-state index >= 15 is 0 Å². The van der Waals surface area contributed by atoms with Crippen LogP contribution >= 0.6 is 0 Å². The lowest BCUT2D eigenvalue weighted by Crippen LogP contribution is -2.30. The zero-order valence-electron chi connectivity index (χ0n) is 15.5. The van der Waals surface area contributed by atoms with E-state index in [-0.39, 0.29) is 10.4 Å². The molecule has 1 amide bonds. The summed E-state index contributed by atoms with van der Waals surface area (Å²) in [6.07, 6.45) is 1.42. The number of benzene rings is 2. The number of hydrogen-bond acceptors (Lipinski definition) is 4. The number of pyridine rings is 1. The Morgan fingerprint density at radius 2 is 1.75 bits per heavy atom. The molecule has 0 unspecified atom stereocenters. The normalized spacial score (nSPS) is 11.7. The highest BCUT2D eigenvalue weighted by atomic mass is 32.2. The van der Waals surface area contributed by atoms with Gasteiger partial charge in [0.2, 0.25) is 10.0 Å². The fourth-order valence-corrected chi connectivity index (χ4v) is 4.39. The maximum Gasteiger partial charge on any atom is 0.255 e. The fourth-order valence-electron chi connectivity index (χ4n) is 2.93. The standard InChI is InChI=1S/C20H20FN3O3S/c1-3-24(4-2)28(26,27)15-10-8-14(9-11-15)20(25)23-18-12-13-22-19-16(18)6-5-7-17(19)21/h5-13H,3-4H2,1-2H3,(H,22,23,25). The molecule has 0 aliphatic rings. The minimum absolute atomic E-state index is 0.129. The largest absolute Gasteiger partial charge is 0.321 e. The van der Waals surface area contributed by atoms with Crippen molar-refractivity contribution in [3.8, 4) is 0 Å². The molecule has 3 rings (SSSR count). The molecule has 3 aromatic rings. The van der Waals surface area contributed by atoms with E-state index in [0.29, 0.717) is 29.7 Å². The third-order valence-corrected chi connectivity index (χ3v) is 6.49. The van der Waals surface area contributed by atoms with Crippen LogP contribution in [0.4, 0.5) is 10.1 Å². The van der Waals surface area contributed by atoms with Crippen LogP contribution in [0.5, 0.6) is 0 Å². The number of rotatable bonds is 6. The minimum atomic E-state index is -3.58. The Hall–Kier alpha value is -2.84. The third kappa shape index (κ3) is 3.74. The number of para-hydroxylation sites is 1. The molecule has 0 spiro atoms. The molecule has 0 aliphatic heterocycles. The lowest BCUT2D eigenvalue weighted by Gasteiger charge is -2.18. The Morgan fingerprint density at radius 3 is 2.39 bits per heavy atom. The first kappa shape index (κ1) is 19.9. The number of aromatic nitrogens is 1. The Balaban J connectivity index is 1.86. The summed E-state index contributed by atoms with van der Waals surface area (Å²) in [6.45, 7) is 4.27. The van der Waals surface area contributed by atoms with Gasteiger partial charge in [0.1, 0.15) is 11.3 Å². The minimum Gasteiger partial charge on any atom is -0.321 e. The number of carbonyl (C=O) groups excluding carboxylic acids is 1. The van der Waals surface area contributed by atoms with Gasteiger partial charge < -0.3 is 5.32 Å². The van der Waals surface area contributed by atoms with Crippen molar-refractivity contribution in [2.45, 2.75) is 18.7 Å². The van der Waals surface area contributed by atoms with E-state index in [2.05, 4.69) is 10.3 Å². The number of nitrogens with zero attached hydrogens (tertiary/aromatic N) is 2. The Kier molecular flexibility index (Phi) is 5.71. The number of anilines is 1.